The van der Waals surface area contributed by atoms with Gasteiger partial charge in [0.25, 0.3) is 17.7 Å². The second-order valence-corrected chi connectivity index (χ2v) is 13.1. The number of rotatable bonds is 6. The molecule has 2 aliphatic heterocycles. The van der Waals surface area contributed by atoms with Gasteiger partial charge < -0.3 is 29.5 Å². The predicted octanol–water partition coefficient (Wildman–Crippen LogP) is 4.51. The van der Waals surface area contributed by atoms with Gasteiger partial charge in [0.2, 0.25) is 5.91 Å². The van der Waals surface area contributed by atoms with Crippen molar-refractivity contribution in [2.24, 2.45) is 0 Å². The molecule has 4 aromatic rings. The third-order valence-corrected chi connectivity index (χ3v) is 9.49. The highest BCUT2D eigenvalue weighted by Gasteiger charge is 2.39. The number of likely N-dealkylation sites (tertiary alicyclic amines) is 1. The molecule has 6 rings (SSSR count). The number of carbonyl (C=O) groups is 4. The first-order valence-electron chi connectivity index (χ1n) is 16.4. The van der Waals surface area contributed by atoms with Crippen LogP contribution in [0.2, 0.25) is 0 Å². The third kappa shape index (κ3) is 7.15. The number of aromatic nitrogens is 2. The molecule has 2 atom stereocenters. The molecule has 1 saturated heterocycles. The van der Waals surface area contributed by atoms with E-state index >= 15 is 0 Å². The highest BCUT2D eigenvalue weighted by molar-refractivity contribution is 7.15. The molecule has 12 nitrogen and oxygen atoms in total. The Bertz CT molecular complexity index is 1900. The van der Waals surface area contributed by atoms with Crippen molar-refractivity contribution in [3.05, 3.63) is 81.9 Å². The lowest BCUT2D eigenvalue weighted by Crippen LogP contribution is -2.49. The van der Waals surface area contributed by atoms with Crippen molar-refractivity contribution in [3.63, 3.8) is 0 Å². The van der Waals surface area contributed by atoms with Crippen LogP contribution in [0, 0.1) is 12.7 Å². The van der Waals surface area contributed by atoms with Crippen molar-refractivity contribution in [2.45, 2.75) is 52.9 Å². The summed E-state index contributed by atoms with van der Waals surface area (Å²) in [7, 11) is 0. The Morgan fingerprint density at radius 3 is 2.59 bits per heavy atom. The molecule has 0 unspecified atom stereocenters. The van der Waals surface area contributed by atoms with Crippen molar-refractivity contribution >= 4 is 39.9 Å². The lowest BCUT2D eigenvalue weighted by atomic mass is 10.1. The van der Waals surface area contributed by atoms with Crippen LogP contribution in [0.25, 0.3) is 4.96 Å². The molecule has 2 aliphatic rings. The van der Waals surface area contributed by atoms with E-state index in [9.17, 15) is 23.6 Å². The van der Waals surface area contributed by atoms with E-state index in [1.165, 1.54) is 46.6 Å². The molecule has 49 heavy (non-hydrogen) atoms. The quantitative estimate of drug-likeness (QED) is 0.316. The van der Waals surface area contributed by atoms with Gasteiger partial charge in [-0.2, -0.15) is 0 Å². The van der Waals surface area contributed by atoms with Crippen molar-refractivity contribution in [2.75, 3.05) is 39.3 Å². The molecule has 0 radical (unpaired) electrons. The lowest BCUT2D eigenvalue weighted by molar-refractivity contribution is -0.123. The average molecular weight is 691 g/mol. The zero-order chi connectivity index (χ0) is 34.8. The summed E-state index contributed by atoms with van der Waals surface area (Å²) in [6.45, 7) is 8.65. The monoisotopic (exact) mass is 690 g/mol. The Hall–Kier alpha value is -4.82. The van der Waals surface area contributed by atoms with Crippen LogP contribution in [-0.4, -0.2) is 99.1 Å². The zero-order valence-corrected chi connectivity index (χ0v) is 28.7. The number of carbonyl (C=O) groups excluding carboxylic acids is 4. The van der Waals surface area contributed by atoms with Crippen molar-refractivity contribution in [3.8, 4) is 11.5 Å². The zero-order valence-electron chi connectivity index (χ0n) is 27.9. The van der Waals surface area contributed by atoms with Gasteiger partial charge in [0.05, 0.1) is 31.0 Å². The van der Waals surface area contributed by atoms with Crippen LogP contribution in [0.1, 0.15) is 69.7 Å². The van der Waals surface area contributed by atoms with E-state index in [-0.39, 0.29) is 67.2 Å². The van der Waals surface area contributed by atoms with Crippen molar-refractivity contribution < 1.29 is 33.0 Å². The standard InChI is InChI=1S/C35H39FN6O6S/c1-5-8-40-19-30(43)38-28-17-41(34(46)31-21(4)37-35-42(31)9-10-49-35)18-29(28)47-20-22-11-25(36)16-26(12-22)48-27-14-23(13-24(15-27)33(40)45)32(44)39(6-2)7-3/h9-16,28-29H,5-8,17-20H2,1-4H3,(H,38,43)/t28-,29-/m1/s1. The van der Waals surface area contributed by atoms with Gasteiger partial charge in [0, 0.05) is 61.5 Å². The Kier molecular flexibility index (Phi) is 9.97. The maximum absolute atomic E-state index is 14.9. The van der Waals surface area contributed by atoms with E-state index in [1.54, 1.807) is 33.4 Å². The number of aryl methyl sites for hydroxylation is 1. The minimum atomic E-state index is -0.628. The molecule has 14 heteroatoms. The first kappa shape index (κ1) is 34.1. The van der Waals surface area contributed by atoms with Gasteiger partial charge in [-0.15, -0.1) is 11.3 Å². The second-order valence-electron chi connectivity index (χ2n) is 12.2. The molecule has 2 aromatic carbocycles. The summed E-state index contributed by atoms with van der Waals surface area (Å²) in [6, 6.07) is 8.07. The van der Waals surface area contributed by atoms with Gasteiger partial charge in [0.15, 0.2) is 4.96 Å². The summed E-state index contributed by atoms with van der Waals surface area (Å²) in [6.07, 6.45) is 1.74. The number of hydrogen-bond acceptors (Lipinski definition) is 8. The van der Waals surface area contributed by atoms with Crippen molar-refractivity contribution in [1.82, 2.24) is 29.4 Å². The first-order valence-corrected chi connectivity index (χ1v) is 17.3. The Morgan fingerprint density at radius 2 is 1.84 bits per heavy atom. The van der Waals surface area contributed by atoms with E-state index in [2.05, 4.69) is 10.3 Å². The predicted molar refractivity (Wildman–Crippen MR) is 181 cm³/mol. The number of thiazole rings is 1. The number of halogens is 1. The van der Waals surface area contributed by atoms with E-state index in [0.29, 0.717) is 41.4 Å². The van der Waals surface area contributed by atoms with Gasteiger partial charge >= 0.3 is 0 Å². The Morgan fingerprint density at radius 1 is 1.06 bits per heavy atom. The molecule has 2 aromatic heterocycles. The van der Waals surface area contributed by atoms with Crippen LogP contribution < -0.4 is 10.1 Å². The summed E-state index contributed by atoms with van der Waals surface area (Å²) in [5.74, 6) is -1.67. The molecule has 1 N–H and O–H groups in total. The first-order chi connectivity index (χ1) is 23.6. The van der Waals surface area contributed by atoms with Crippen LogP contribution >= 0.6 is 11.3 Å². The van der Waals surface area contributed by atoms with Crippen LogP contribution in [0.4, 0.5) is 4.39 Å². The summed E-state index contributed by atoms with van der Waals surface area (Å²) >= 11 is 1.43. The molecule has 0 spiro atoms. The molecule has 258 valence electrons. The fourth-order valence-corrected chi connectivity index (χ4v) is 7.14. The van der Waals surface area contributed by atoms with E-state index in [0.717, 1.165) is 0 Å². The Balaban J connectivity index is 1.35. The van der Waals surface area contributed by atoms with Gasteiger partial charge in [0.1, 0.15) is 23.0 Å². The number of fused-ring (bicyclic) bond motifs is 6. The molecule has 4 amide bonds. The number of amides is 4. The molecular formula is C35H39FN6O6S. The average Bonchev–Trinajstić information content (AvgIpc) is 3.77. The second kappa shape index (κ2) is 14.3. The number of nitrogens with zero attached hydrogens (tertiary/aromatic N) is 5. The normalized spacial score (nSPS) is 18.3. The molecule has 0 aliphatic carbocycles. The topological polar surface area (TPSA) is 126 Å². The lowest BCUT2D eigenvalue weighted by Gasteiger charge is -2.25. The van der Waals surface area contributed by atoms with Gasteiger partial charge in [-0.3, -0.25) is 23.6 Å². The largest absolute Gasteiger partial charge is 0.457 e. The van der Waals surface area contributed by atoms with Crippen LogP contribution in [0.3, 0.4) is 0 Å². The molecule has 4 heterocycles. The minimum absolute atomic E-state index is 0.0279. The SMILES string of the molecule is CCCN1CC(=O)N[C@@H]2CN(C(=O)c3c(C)nc4sccn34)C[C@H]2OCc2cc(F)cc(c2)Oc2cc(C(=O)N(CC)CC)cc(c2)C1=O. The molecule has 0 saturated carbocycles. The summed E-state index contributed by atoms with van der Waals surface area (Å²) < 4.78 is 29.0. The minimum Gasteiger partial charge on any atom is -0.457 e. The van der Waals surface area contributed by atoms with E-state index < -0.39 is 29.8 Å². The van der Waals surface area contributed by atoms with Crippen LogP contribution in [-0.2, 0) is 16.1 Å². The van der Waals surface area contributed by atoms with E-state index in [1.807, 2.05) is 26.2 Å². The number of benzene rings is 2. The molecule has 1 fully saturated rings. The Labute approximate surface area is 287 Å². The number of nitrogens with one attached hydrogen (secondary N) is 1. The van der Waals surface area contributed by atoms with Crippen molar-refractivity contribution in [1.29, 1.82) is 0 Å². The van der Waals surface area contributed by atoms with Crippen LogP contribution in [0.15, 0.2) is 48.0 Å². The summed E-state index contributed by atoms with van der Waals surface area (Å²) in [5.41, 5.74) is 1.89. The maximum atomic E-state index is 14.9. The third-order valence-electron chi connectivity index (χ3n) is 8.74. The summed E-state index contributed by atoms with van der Waals surface area (Å²) in [5, 5.41) is 4.86. The summed E-state index contributed by atoms with van der Waals surface area (Å²) in [4.78, 5) is 64.7. The van der Waals surface area contributed by atoms with E-state index in [4.69, 9.17) is 9.47 Å². The van der Waals surface area contributed by atoms with Gasteiger partial charge in [-0.05, 0) is 63.1 Å². The highest BCUT2D eigenvalue weighted by atomic mass is 32.1. The number of hydrogen-bond donors (Lipinski definition) is 1. The van der Waals surface area contributed by atoms with Gasteiger partial charge in [-0.1, -0.05) is 6.92 Å². The fraction of sp³-hybridized carbons (Fsp3) is 0.400. The maximum Gasteiger partial charge on any atom is 0.272 e. The number of ether oxygens (including phenoxy) is 2. The smallest absolute Gasteiger partial charge is 0.272 e. The van der Waals surface area contributed by atoms with Gasteiger partial charge in [-0.25, -0.2) is 9.37 Å². The fourth-order valence-electron chi connectivity index (χ4n) is 6.38. The van der Waals surface area contributed by atoms with Crippen LogP contribution in [0.5, 0.6) is 11.5 Å². The molecule has 4 bridgehead atoms. The highest BCUT2D eigenvalue weighted by Crippen LogP contribution is 2.29. The number of imidazole rings is 1. The molecular weight excluding hydrogens is 651 g/mol.